The highest BCUT2D eigenvalue weighted by Crippen LogP contribution is 2.25. The Kier molecular flexibility index (Phi) is 4.00. The quantitative estimate of drug-likeness (QED) is 0.889. The molecule has 1 nitrogen and oxygen atoms in total. The second-order valence-electron chi connectivity index (χ2n) is 4.36. The van der Waals surface area contributed by atoms with E-state index in [2.05, 4.69) is 0 Å². The molecular weight excluding hydrogens is 249 g/mol. The molecule has 0 spiro atoms. The summed E-state index contributed by atoms with van der Waals surface area (Å²) in [6.45, 7) is 1.93. The van der Waals surface area contributed by atoms with Gasteiger partial charge in [0, 0.05) is 11.1 Å². The van der Waals surface area contributed by atoms with E-state index in [0.29, 0.717) is 17.0 Å². The molecule has 0 heterocycles. The monoisotopic (exact) mass is 263 g/mol. The van der Waals surface area contributed by atoms with Gasteiger partial charge in [-0.15, -0.1) is 0 Å². The lowest BCUT2D eigenvalue weighted by atomic mass is 9.96. The molecule has 1 atom stereocenters. The summed E-state index contributed by atoms with van der Waals surface area (Å²) >= 11 is 6.06. The molecule has 2 N–H and O–H groups in total. The van der Waals surface area contributed by atoms with Crippen LogP contribution in [0.3, 0.4) is 0 Å². The largest absolute Gasteiger partial charge is 0.324 e. The number of halogens is 2. The fraction of sp³-hybridized carbons (Fsp3) is 0.200. The van der Waals surface area contributed by atoms with Crippen molar-refractivity contribution in [2.75, 3.05) is 0 Å². The second-order valence-corrected chi connectivity index (χ2v) is 4.76. The van der Waals surface area contributed by atoms with E-state index in [0.717, 1.165) is 11.1 Å². The highest BCUT2D eigenvalue weighted by molar-refractivity contribution is 6.31. The molecule has 1 unspecified atom stereocenters. The van der Waals surface area contributed by atoms with Crippen LogP contribution in [-0.2, 0) is 6.42 Å². The van der Waals surface area contributed by atoms with Crippen LogP contribution in [0.4, 0.5) is 4.39 Å². The summed E-state index contributed by atoms with van der Waals surface area (Å²) in [7, 11) is 0. The normalized spacial score (nSPS) is 12.4. The summed E-state index contributed by atoms with van der Waals surface area (Å²) in [4.78, 5) is 0. The highest BCUT2D eigenvalue weighted by Gasteiger charge is 2.13. The van der Waals surface area contributed by atoms with Crippen molar-refractivity contribution in [1.29, 1.82) is 0 Å². The van der Waals surface area contributed by atoms with Crippen molar-refractivity contribution in [2.45, 2.75) is 19.4 Å². The highest BCUT2D eigenvalue weighted by atomic mass is 35.5. The number of nitrogens with two attached hydrogens (primary N) is 1. The summed E-state index contributed by atoms with van der Waals surface area (Å²) < 4.78 is 13.6. The first-order valence-electron chi connectivity index (χ1n) is 5.83. The van der Waals surface area contributed by atoms with E-state index < -0.39 is 0 Å². The van der Waals surface area contributed by atoms with Crippen LogP contribution in [-0.4, -0.2) is 0 Å². The van der Waals surface area contributed by atoms with Gasteiger partial charge in [0.1, 0.15) is 5.82 Å². The van der Waals surface area contributed by atoms with Gasteiger partial charge in [-0.2, -0.15) is 0 Å². The Morgan fingerprint density at radius 2 is 1.89 bits per heavy atom. The van der Waals surface area contributed by atoms with E-state index in [-0.39, 0.29) is 11.9 Å². The molecule has 0 aliphatic heterocycles. The zero-order chi connectivity index (χ0) is 13.1. The molecule has 94 valence electrons. The molecule has 0 saturated carbocycles. The van der Waals surface area contributed by atoms with Gasteiger partial charge in [-0.3, -0.25) is 0 Å². The molecule has 0 aliphatic carbocycles. The lowest BCUT2D eigenvalue weighted by Crippen LogP contribution is -2.15. The molecule has 0 fully saturated rings. The average molecular weight is 264 g/mol. The molecule has 2 aromatic carbocycles. The first kappa shape index (κ1) is 13.1. The van der Waals surface area contributed by atoms with Crippen molar-refractivity contribution in [3.8, 4) is 0 Å². The van der Waals surface area contributed by atoms with E-state index in [4.69, 9.17) is 17.3 Å². The van der Waals surface area contributed by atoms with Crippen LogP contribution in [0.15, 0.2) is 42.5 Å². The zero-order valence-corrected chi connectivity index (χ0v) is 10.9. The Morgan fingerprint density at radius 1 is 1.17 bits per heavy atom. The van der Waals surface area contributed by atoms with Gasteiger partial charge in [0.25, 0.3) is 0 Å². The third-order valence-corrected chi connectivity index (χ3v) is 3.52. The van der Waals surface area contributed by atoms with E-state index in [1.165, 1.54) is 6.07 Å². The minimum atomic E-state index is -0.249. The van der Waals surface area contributed by atoms with Gasteiger partial charge in [0.2, 0.25) is 0 Å². The van der Waals surface area contributed by atoms with Gasteiger partial charge >= 0.3 is 0 Å². The van der Waals surface area contributed by atoms with Gasteiger partial charge in [-0.25, -0.2) is 4.39 Å². The third-order valence-electron chi connectivity index (χ3n) is 3.11. The van der Waals surface area contributed by atoms with Crippen LogP contribution < -0.4 is 5.73 Å². The van der Waals surface area contributed by atoms with Crippen molar-refractivity contribution in [3.05, 3.63) is 70.0 Å². The first-order valence-corrected chi connectivity index (χ1v) is 6.21. The Hall–Kier alpha value is -1.38. The molecule has 3 heteroatoms. The van der Waals surface area contributed by atoms with Gasteiger partial charge in [0.15, 0.2) is 0 Å². The van der Waals surface area contributed by atoms with Crippen LogP contribution in [0.5, 0.6) is 0 Å². The van der Waals surface area contributed by atoms with Crippen molar-refractivity contribution in [1.82, 2.24) is 0 Å². The number of hydrogen-bond donors (Lipinski definition) is 1. The predicted octanol–water partition coefficient (Wildman–Crippen LogP) is 4.03. The van der Waals surface area contributed by atoms with Crippen LogP contribution in [0, 0.1) is 12.7 Å². The van der Waals surface area contributed by atoms with Crippen molar-refractivity contribution in [3.63, 3.8) is 0 Å². The van der Waals surface area contributed by atoms with E-state index >= 15 is 0 Å². The minimum Gasteiger partial charge on any atom is -0.324 e. The van der Waals surface area contributed by atoms with Gasteiger partial charge in [0.05, 0.1) is 0 Å². The lowest BCUT2D eigenvalue weighted by Gasteiger charge is -2.16. The van der Waals surface area contributed by atoms with E-state index in [1.54, 1.807) is 12.1 Å². The predicted molar refractivity (Wildman–Crippen MR) is 73.2 cm³/mol. The third kappa shape index (κ3) is 2.71. The summed E-state index contributed by atoms with van der Waals surface area (Å²) in [5, 5.41) is 0.691. The number of rotatable bonds is 3. The van der Waals surface area contributed by atoms with Crippen molar-refractivity contribution >= 4 is 11.6 Å². The summed E-state index contributed by atoms with van der Waals surface area (Å²) in [5.74, 6) is -0.215. The van der Waals surface area contributed by atoms with E-state index in [9.17, 15) is 4.39 Å². The summed E-state index contributed by atoms with van der Waals surface area (Å²) in [6.07, 6.45) is 0.466. The topological polar surface area (TPSA) is 26.0 Å². The summed E-state index contributed by atoms with van der Waals surface area (Å²) in [6, 6.07) is 12.1. The van der Waals surface area contributed by atoms with Crippen molar-refractivity contribution < 1.29 is 4.39 Å². The molecule has 0 radical (unpaired) electrons. The molecule has 18 heavy (non-hydrogen) atoms. The SMILES string of the molecule is Cc1c(Cl)cccc1C(N)Cc1ccccc1F. The molecule has 0 amide bonds. The van der Waals surface area contributed by atoms with Crippen LogP contribution >= 0.6 is 11.6 Å². The van der Waals surface area contributed by atoms with Crippen LogP contribution in [0.2, 0.25) is 5.02 Å². The fourth-order valence-corrected chi connectivity index (χ4v) is 2.22. The number of benzene rings is 2. The van der Waals surface area contributed by atoms with E-state index in [1.807, 2.05) is 31.2 Å². The van der Waals surface area contributed by atoms with Gasteiger partial charge in [-0.1, -0.05) is 41.9 Å². The Balaban J connectivity index is 2.25. The Labute approximate surface area is 111 Å². The molecule has 0 bridgehead atoms. The standard InChI is InChI=1S/C15H15ClFN/c1-10-12(6-4-7-13(10)16)15(18)9-11-5-2-3-8-14(11)17/h2-8,15H,9,18H2,1H3. The molecule has 0 saturated heterocycles. The molecular formula is C15H15ClFN. The van der Waals surface area contributed by atoms with Crippen LogP contribution in [0.25, 0.3) is 0 Å². The molecule has 2 aromatic rings. The summed E-state index contributed by atoms with van der Waals surface area (Å²) in [5.41, 5.74) is 8.69. The maximum Gasteiger partial charge on any atom is 0.126 e. The molecule has 0 aromatic heterocycles. The van der Waals surface area contributed by atoms with Gasteiger partial charge in [-0.05, 0) is 42.2 Å². The first-order chi connectivity index (χ1) is 8.59. The van der Waals surface area contributed by atoms with Gasteiger partial charge < -0.3 is 5.73 Å². The maximum atomic E-state index is 13.6. The molecule has 0 aliphatic rings. The fourth-order valence-electron chi connectivity index (χ4n) is 2.04. The molecule has 2 rings (SSSR count). The smallest absolute Gasteiger partial charge is 0.126 e. The zero-order valence-electron chi connectivity index (χ0n) is 10.2. The Morgan fingerprint density at radius 3 is 2.61 bits per heavy atom. The maximum absolute atomic E-state index is 13.6. The minimum absolute atomic E-state index is 0.215. The number of hydrogen-bond acceptors (Lipinski definition) is 1. The Bertz CT molecular complexity index is 554. The van der Waals surface area contributed by atoms with Crippen LogP contribution in [0.1, 0.15) is 22.7 Å². The average Bonchev–Trinajstić information content (AvgIpc) is 2.35. The second kappa shape index (κ2) is 5.51. The van der Waals surface area contributed by atoms with Crippen molar-refractivity contribution in [2.24, 2.45) is 5.73 Å². The lowest BCUT2D eigenvalue weighted by molar-refractivity contribution is 0.593.